The number of rotatable bonds is 2. The molecule has 0 aliphatic heterocycles. The molecule has 3 heteroatoms. The lowest BCUT2D eigenvalue weighted by Gasteiger charge is -2.20. The largest absolute Gasteiger partial charge is 0.244 e. The van der Waals surface area contributed by atoms with Gasteiger partial charge in [0.2, 0.25) is 0 Å². The average molecular weight is 207 g/mol. The van der Waals surface area contributed by atoms with Crippen LogP contribution >= 0.6 is 11.6 Å². The first-order chi connectivity index (χ1) is 6.66. The number of hydrogen-bond acceptors (Lipinski definition) is 2. The molecule has 1 fully saturated rings. The number of hydrogen-bond donors (Lipinski definition) is 0. The second-order valence-electron chi connectivity index (χ2n) is 3.96. The van der Waals surface area contributed by atoms with Crippen molar-refractivity contribution in [2.24, 2.45) is 5.92 Å². The third-order valence-electron chi connectivity index (χ3n) is 2.95. The van der Waals surface area contributed by atoms with Gasteiger partial charge in [-0.05, 0) is 37.3 Å². The van der Waals surface area contributed by atoms with Crippen LogP contribution in [0, 0.1) is 17.2 Å². The van der Waals surface area contributed by atoms with Gasteiger partial charge in [0.25, 0.3) is 0 Å². The van der Waals surface area contributed by atoms with Crippen molar-refractivity contribution in [1.82, 2.24) is 4.98 Å². The van der Waals surface area contributed by atoms with E-state index in [1.165, 1.54) is 0 Å². The van der Waals surface area contributed by atoms with Crippen molar-refractivity contribution in [2.45, 2.75) is 25.2 Å². The number of aromatic nitrogens is 1. The minimum Gasteiger partial charge on any atom is -0.244 e. The molecule has 1 heterocycles. The van der Waals surface area contributed by atoms with E-state index in [0.717, 1.165) is 18.4 Å². The van der Waals surface area contributed by atoms with Gasteiger partial charge in [0.1, 0.15) is 5.15 Å². The summed E-state index contributed by atoms with van der Waals surface area (Å²) in [5, 5.41) is 9.68. The topological polar surface area (TPSA) is 36.7 Å². The van der Waals surface area contributed by atoms with Crippen LogP contribution in [-0.2, 0) is 5.41 Å². The van der Waals surface area contributed by atoms with Crippen LogP contribution in [0.2, 0.25) is 5.15 Å². The molecule has 1 atom stereocenters. The van der Waals surface area contributed by atoms with Crippen molar-refractivity contribution < 1.29 is 0 Å². The lowest BCUT2D eigenvalue weighted by molar-refractivity contribution is 0.527. The predicted molar refractivity (Wildman–Crippen MR) is 54.9 cm³/mol. The third kappa shape index (κ3) is 1.49. The van der Waals surface area contributed by atoms with E-state index in [4.69, 9.17) is 11.6 Å². The highest BCUT2D eigenvalue weighted by molar-refractivity contribution is 6.29. The Labute approximate surface area is 88.5 Å². The molecule has 0 spiro atoms. The Bertz CT molecular complexity index is 375. The monoisotopic (exact) mass is 206 g/mol. The van der Waals surface area contributed by atoms with E-state index in [1.807, 2.05) is 13.0 Å². The first-order valence-electron chi connectivity index (χ1n) is 4.70. The van der Waals surface area contributed by atoms with Gasteiger partial charge in [0.05, 0.1) is 11.5 Å². The van der Waals surface area contributed by atoms with Crippen LogP contribution in [-0.4, -0.2) is 4.98 Å². The first kappa shape index (κ1) is 9.48. The standard InChI is InChI=1S/C11H11ClN2/c1-11(7-13,8-2-3-8)9-4-5-10(12)14-6-9/h4-6,8H,2-3H2,1H3. The molecule has 0 radical (unpaired) electrons. The summed E-state index contributed by atoms with van der Waals surface area (Å²) in [6.45, 7) is 1.98. The van der Waals surface area contributed by atoms with Gasteiger partial charge in [-0.25, -0.2) is 4.98 Å². The zero-order chi connectivity index (χ0) is 10.2. The van der Waals surface area contributed by atoms with Crippen LogP contribution in [0.5, 0.6) is 0 Å². The second-order valence-corrected chi connectivity index (χ2v) is 4.35. The number of nitriles is 1. The zero-order valence-electron chi connectivity index (χ0n) is 8.00. The van der Waals surface area contributed by atoms with E-state index in [9.17, 15) is 5.26 Å². The summed E-state index contributed by atoms with van der Waals surface area (Å²) in [5.74, 6) is 0.496. The summed E-state index contributed by atoms with van der Waals surface area (Å²) in [7, 11) is 0. The smallest absolute Gasteiger partial charge is 0.129 e. The molecule has 14 heavy (non-hydrogen) atoms. The normalized spacial score (nSPS) is 19.8. The van der Waals surface area contributed by atoms with Crippen molar-refractivity contribution in [3.8, 4) is 6.07 Å². The fourth-order valence-electron chi connectivity index (χ4n) is 1.74. The molecule has 0 saturated heterocycles. The van der Waals surface area contributed by atoms with Crippen molar-refractivity contribution >= 4 is 11.6 Å². The predicted octanol–water partition coefficient (Wildman–Crippen LogP) is 2.93. The highest BCUT2D eigenvalue weighted by Gasteiger charge is 2.43. The molecule has 0 aromatic carbocycles. The fourth-order valence-corrected chi connectivity index (χ4v) is 1.85. The molecule has 72 valence electrons. The maximum atomic E-state index is 9.21. The molecule has 1 aliphatic carbocycles. The lowest BCUT2D eigenvalue weighted by Crippen LogP contribution is -2.22. The summed E-state index contributed by atoms with van der Waals surface area (Å²) in [6.07, 6.45) is 4.00. The Balaban J connectivity index is 2.37. The van der Waals surface area contributed by atoms with Crippen LogP contribution in [0.3, 0.4) is 0 Å². The number of pyridine rings is 1. The molecule has 1 unspecified atom stereocenters. The maximum Gasteiger partial charge on any atom is 0.129 e. The second kappa shape index (κ2) is 3.25. The summed E-state index contributed by atoms with van der Waals surface area (Å²) >= 11 is 5.71. The van der Waals surface area contributed by atoms with Crippen molar-refractivity contribution in [3.63, 3.8) is 0 Å². The third-order valence-corrected chi connectivity index (χ3v) is 3.18. The molecule has 2 rings (SSSR count). The molecule has 1 aromatic heterocycles. The SMILES string of the molecule is CC(C#N)(c1ccc(Cl)nc1)C1CC1. The quantitative estimate of drug-likeness (QED) is 0.698. The van der Waals surface area contributed by atoms with E-state index in [2.05, 4.69) is 11.1 Å². The molecule has 0 N–H and O–H groups in total. The van der Waals surface area contributed by atoms with Gasteiger partial charge >= 0.3 is 0 Å². The van der Waals surface area contributed by atoms with E-state index in [1.54, 1.807) is 12.3 Å². The van der Waals surface area contributed by atoms with E-state index >= 15 is 0 Å². The Kier molecular flexibility index (Phi) is 2.20. The highest BCUT2D eigenvalue weighted by atomic mass is 35.5. The van der Waals surface area contributed by atoms with Gasteiger partial charge in [-0.15, -0.1) is 0 Å². The minimum absolute atomic E-state index is 0.377. The van der Waals surface area contributed by atoms with Crippen LogP contribution in [0.25, 0.3) is 0 Å². The van der Waals surface area contributed by atoms with E-state index in [0.29, 0.717) is 11.1 Å². The van der Waals surface area contributed by atoms with E-state index < -0.39 is 0 Å². The van der Waals surface area contributed by atoms with Gasteiger partial charge in [0.15, 0.2) is 0 Å². The molecule has 1 aromatic rings. The van der Waals surface area contributed by atoms with Crippen LogP contribution < -0.4 is 0 Å². The summed E-state index contributed by atoms with van der Waals surface area (Å²) < 4.78 is 0. The molecule has 2 nitrogen and oxygen atoms in total. The zero-order valence-corrected chi connectivity index (χ0v) is 8.75. The number of halogens is 1. The minimum atomic E-state index is -0.377. The fraction of sp³-hybridized carbons (Fsp3) is 0.455. The molecule has 1 aliphatic rings. The van der Waals surface area contributed by atoms with Gasteiger partial charge in [0, 0.05) is 6.20 Å². The Morgan fingerprint density at radius 1 is 1.57 bits per heavy atom. The molecule has 0 bridgehead atoms. The summed E-state index contributed by atoms with van der Waals surface area (Å²) in [6, 6.07) is 6.04. The van der Waals surface area contributed by atoms with Crippen LogP contribution in [0.1, 0.15) is 25.3 Å². The van der Waals surface area contributed by atoms with Gasteiger partial charge < -0.3 is 0 Å². The highest BCUT2D eigenvalue weighted by Crippen LogP contribution is 2.46. The Morgan fingerprint density at radius 2 is 2.29 bits per heavy atom. The Morgan fingerprint density at radius 3 is 2.71 bits per heavy atom. The first-order valence-corrected chi connectivity index (χ1v) is 5.08. The van der Waals surface area contributed by atoms with E-state index in [-0.39, 0.29) is 5.41 Å². The van der Waals surface area contributed by atoms with Crippen LogP contribution in [0.4, 0.5) is 0 Å². The van der Waals surface area contributed by atoms with Crippen molar-refractivity contribution in [3.05, 3.63) is 29.0 Å². The molecular weight excluding hydrogens is 196 g/mol. The molecule has 1 saturated carbocycles. The number of nitrogens with zero attached hydrogens (tertiary/aromatic N) is 2. The molecule has 0 amide bonds. The van der Waals surface area contributed by atoms with Crippen LogP contribution in [0.15, 0.2) is 18.3 Å². The van der Waals surface area contributed by atoms with Gasteiger partial charge in [-0.1, -0.05) is 17.7 Å². The molecular formula is C11H11ClN2. The van der Waals surface area contributed by atoms with Gasteiger partial charge in [-0.3, -0.25) is 0 Å². The van der Waals surface area contributed by atoms with Crippen molar-refractivity contribution in [1.29, 1.82) is 5.26 Å². The summed E-state index contributed by atoms with van der Waals surface area (Å²) in [5.41, 5.74) is 0.601. The average Bonchev–Trinajstić information content (AvgIpc) is 3.01. The van der Waals surface area contributed by atoms with Gasteiger partial charge in [-0.2, -0.15) is 5.26 Å². The Hall–Kier alpha value is -1.07. The summed E-state index contributed by atoms with van der Waals surface area (Å²) in [4.78, 5) is 4.02. The lowest BCUT2D eigenvalue weighted by atomic mass is 9.80. The van der Waals surface area contributed by atoms with Crippen molar-refractivity contribution in [2.75, 3.05) is 0 Å². The maximum absolute atomic E-state index is 9.21.